The van der Waals surface area contributed by atoms with E-state index < -0.39 is 22.9 Å². The van der Waals surface area contributed by atoms with Crippen LogP contribution in [0.15, 0.2) is 35.2 Å². The second-order valence-electron chi connectivity index (χ2n) is 10.7. The zero-order valence-electron chi connectivity index (χ0n) is 20.7. The van der Waals surface area contributed by atoms with Crippen LogP contribution in [0.1, 0.15) is 62.8 Å². The number of benzene rings is 2. The Labute approximate surface area is 208 Å². The highest BCUT2D eigenvalue weighted by Gasteiger charge is 2.42. The Morgan fingerprint density at radius 1 is 0.943 bits per heavy atom. The zero-order valence-corrected chi connectivity index (χ0v) is 21.5. The molecule has 2 amide bonds. The average Bonchev–Trinajstić information content (AvgIpc) is 3.06. The Hall–Kier alpha value is -2.74. The van der Waals surface area contributed by atoms with Gasteiger partial charge in [0.15, 0.2) is 0 Å². The number of anilines is 1. The standard InChI is InChI=1S/C27H29F3N2O2S/c1-25(2)9-10-26(3,4)20-14-18(27(28,29)30)17(13-19(20)25)16-8-7-15(11-21(16)32(5)6)12-22-23(33)31-24(34)35-22/h7-8,11-14H,9-10H2,1-6H3,(H,31,33,34). The summed E-state index contributed by atoms with van der Waals surface area (Å²) < 4.78 is 43.2. The highest BCUT2D eigenvalue weighted by Crippen LogP contribution is 2.51. The first-order valence-electron chi connectivity index (χ1n) is 11.4. The summed E-state index contributed by atoms with van der Waals surface area (Å²) in [4.78, 5) is 25.4. The summed E-state index contributed by atoms with van der Waals surface area (Å²) in [6, 6.07) is 8.18. The second kappa shape index (κ2) is 8.43. The van der Waals surface area contributed by atoms with Gasteiger partial charge in [0.05, 0.1) is 10.5 Å². The minimum Gasteiger partial charge on any atom is -0.377 e. The fourth-order valence-electron chi connectivity index (χ4n) is 4.88. The summed E-state index contributed by atoms with van der Waals surface area (Å²) in [5.74, 6) is -0.477. The normalized spacial score (nSPS) is 20.1. The minimum absolute atomic E-state index is 0.146. The summed E-state index contributed by atoms with van der Waals surface area (Å²) in [5, 5.41) is 1.77. The molecule has 1 heterocycles. The Morgan fingerprint density at radius 3 is 2.06 bits per heavy atom. The maximum absolute atomic E-state index is 14.4. The van der Waals surface area contributed by atoms with Gasteiger partial charge in [-0.05, 0) is 82.0 Å². The predicted octanol–water partition coefficient (Wildman–Crippen LogP) is 7.11. The van der Waals surface area contributed by atoms with Crippen LogP contribution in [-0.2, 0) is 21.8 Å². The number of imide groups is 1. The van der Waals surface area contributed by atoms with Gasteiger partial charge in [0.2, 0.25) is 0 Å². The molecule has 8 heteroatoms. The van der Waals surface area contributed by atoms with Crippen molar-refractivity contribution in [2.75, 3.05) is 19.0 Å². The fourth-order valence-corrected chi connectivity index (χ4v) is 5.56. The monoisotopic (exact) mass is 502 g/mol. The number of hydrogen-bond acceptors (Lipinski definition) is 4. The van der Waals surface area contributed by atoms with Gasteiger partial charge < -0.3 is 4.90 Å². The van der Waals surface area contributed by atoms with Crippen molar-refractivity contribution in [2.24, 2.45) is 0 Å². The highest BCUT2D eigenvalue weighted by atomic mass is 32.2. The molecule has 0 radical (unpaired) electrons. The van der Waals surface area contributed by atoms with E-state index in [1.807, 2.05) is 13.8 Å². The number of thioether (sulfide) groups is 1. The van der Waals surface area contributed by atoms with Crippen LogP contribution in [0.5, 0.6) is 0 Å². The van der Waals surface area contributed by atoms with Crippen LogP contribution in [0.4, 0.5) is 23.7 Å². The van der Waals surface area contributed by atoms with Crippen LogP contribution in [0, 0.1) is 0 Å². The number of amides is 2. The molecule has 2 aromatic carbocycles. The number of nitrogens with zero attached hydrogens (tertiary/aromatic N) is 1. The number of fused-ring (bicyclic) bond motifs is 1. The molecular weight excluding hydrogens is 473 g/mol. The number of carbonyl (C=O) groups excluding carboxylic acids is 2. The summed E-state index contributed by atoms with van der Waals surface area (Å²) in [5.41, 5.74) is 2.29. The summed E-state index contributed by atoms with van der Waals surface area (Å²) in [6.07, 6.45) is -1.23. The molecule has 1 fully saturated rings. The van der Waals surface area contributed by atoms with E-state index in [0.717, 1.165) is 35.7 Å². The van der Waals surface area contributed by atoms with Crippen molar-refractivity contribution in [3.05, 3.63) is 57.5 Å². The van der Waals surface area contributed by atoms with Gasteiger partial charge in [0.25, 0.3) is 11.1 Å². The number of halogens is 3. The number of carbonyl (C=O) groups is 2. The number of alkyl halides is 3. The number of rotatable bonds is 3. The van der Waals surface area contributed by atoms with Crippen molar-refractivity contribution >= 4 is 34.7 Å². The minimum atomic E-state index is -4.52. The molecule has 1 saturated heterocycles. The molecule has 0 unspecified atom stereocenters. The van der Waals surface area contributed by atoms with Gasteiger partial charge in [-0.2, -0.15) is 13.2 Å². The first-order chi connectivity index (χ1) is 16.1. The number of nitrogens with one attached hydrogen (secondary N) is 1. The Balaban J connectivity index is 1.95. The Bertz CT molecular complexity index is 1260. The van der Waals surface area contributed by atoms with E-state index in [-0.39, 0.29) is 21.3 Å². The van der Waals surface area contributed by atoms with E-state index in [2.05, 4.69) is 19.2 Å². The van der Waals surface area contributed by atoms with Gasteiger partial charge in [-0.3, -0.25) is 14.9 Å². The molecule has 1 aliphatic heterocycles. The molecule has 186 valence electrons. The molecule has 1 aliphatic carbocycles. The van der Waals surface area contributed by atoms with E-state index >= 15 is 0 Å². The lowest BCUT2D eigenvalue weighted by atomic mass is 9.62. The van der Waals surface area contributed by atoms with Crippen molar-refractivity contribution in [3.63, 3.8) is 0 Å². The van der Waals surface area contributed by atoms with Crippen LogP contribution in [0.25, 0.3) is 17.2 Å². The largest absolute Gasteiger partial charge is 0.417 e. The van der Waals surface area contributed by atoms with Crippen molar-refractivity contribution in [2.45, 2.75) is 57.5 Å². The average molecular weight is 503 g/mol. The zero-order chi connectivity index (χ0) is 25.9. The van der Waals surface area contributed by atoms with Crippen LogP contribution in [0.3, 0.4) is 0 Å². The van der Waals surface area contributed by atoms with Crippen LogP contribution in [0.2, 0.25) is 0 Å². The van der Waals surface area contributed by atoms with E-state index in [4.69, 9.17) is 0 Å². The molecule has 35 heavy (non-hydrogen) atoms. The predicted molar refractivity (Wildman–Crippen MR) is 136 cm³/mol. The summed E-state index contributed by atoms with van der Waals surface area (Å²) >= 11 is 0.803. The van der Waals surface area contributed by atoms with Crippen molar-refractivity contribution in [1.82, 2.24) is 5.32 Å². The van der Waals surface area contributed by atoms with Crippen molar-refractivity contribution in [1.29, 1.82) is 0 Å². The molecule has 4 rings (SSSR count). The molecule has 0 bridgehead atoms. The Morgan fingerprint density at radius 2 is 1.54 bits per heavy atom. The van der Waals surface area contributed by atoms with Crippen LogP contribution >= 0.6 is 11.8 Å². The third-order valence-corrected chi connectivity index (χ3v) is 7.84. The maximum atomic E-state index is 14.4. The SMILES string of the molecule is CN(C)c1cc(C=C2SC(=O)NC2=O)ccc1-c1cc2c(cc1C(F)(F)F)C(C)(C)CCC2(C)C. The quantitative estimate of drug-likeness (QED) is 0.455. The van der Waals surface area contributed by atoms with E-state index in [1.165, 1.54) is 6.07 Å². The molecular formula is C27H29F3N2O2S. The van der Waals surface area contributed by atoms with E-state index in [1.54, 1.807) is 49.3 Å². The molecule has 2 aromatic rings. The first-order valence-corrected chi connectivity index (χ1v) is 12.2. The third-order valence-electron chi connectivity index (χ3n) is 7.03. The lowest BCUT2D eigenvalue weighted by Crippen LogP contribution is -2.34. The summed E-state index contributed by atoms with van der Waals surface area (Å²) in [6.45, 7) is 8.20. The Kier molecular flexibility index (Phi) is 6.11. The number of hydrogen-bond donors (Lipinski definition) is 1. The molecule has 0 aromatic heterocycles. The van der Waals surface area contributed by atoms with E-state index in [9.17, 15) is 22.8 Å². The molecule has 2 aliphatic rings. The fraction of sp³-hybridized carbons (Fsp3) is 0.407. The van der Waals surface area contributed by atoms with Crippen LogP contribution in [-0.4, -0.2) is 25.2 Å². The smallest absolute Gasteiger partial charge is 0.377 e. The van der Waals surface area contributed by atoms with Gasteiger partial charge in [-0.25, -0.2) is 0 Å². The van der Waals surface area contributed by atoms with Gasteiger partial charge in [0.1, 0.15) is 0 Å². The lowest BCUT2D eigenvalue weighted by molar-refractivity contribution is -0.137. The molecule has 4 nitrogen and oxygen atoms in total. The molecule has 0 atom stereocenters. The van der Waals surface area contributed by atoms with Crippen molar-refractivity contribution < 1.29 is 22.8 Å². The molecule has 0 spiro atoms. The first kappa shape index (κ1) is 25.4. The van der Waals surface area contributed by atoms with Crippen molar-refractivity contribution in [3.8, 4) is 11.1 Å². The summed E-state index contributed by atoms with van der Waals surface area (Å²) in [7, 11) is 3.55. The molecule has 0 saturated carbocycles. The van der Waals surface area contributed by atoms with E-state index in [0.29, 0.717) is 16.8 Å². The van der Waals surface area contributed by atoms with Gasteiger partial charge in [-0.15, -0.1) is 0 Å². The van der Waals surface area contributed by atoms with Gasteiger partial charge >= 0.3 is 6.18 Å². The topological polar surface area (TPSA) is 49.4 Å². The highest BCUT2D eigenvalue weighted by molar-refractivity contribution is 8.18. The lowest BCUT2D eigenvalue weighted by Gasteiger charge is -2.42. The van der Waals surface area contributed by atoms with Gasteiger partial charge in [-0.1, -0.05) is 39.8 Å². The second-order valence-corrected chi connectivity index (χ2v) is 11.7. The third kappa shape index (κ3) is 4.73. The van der Waals surface area contributed by atoms with Crippen LogP contribution < -0.4 is 10.2 Å². The molecule has 1 N–H and O–H groups in total. The van der Waals surface area contributed by atoms with Gasteiger partial charge in [0, 0.05) is 25.3 Å². The maximum Gasteiger partial charge on any atom is 0.417 e.